The molecule has 0 bridgehead atoms. The SMILES string of the molecule is COc1ncc(C)c(CO)c1C(F)F. The summed E-state index contributed by atoms with van der Waals surface area (Å²) in [6.45, 7) is 1.17. The van der Waals surface area contributed by atoms with E-state index in [0.717, 1.165) is 0 Å². The highest BCUT2D eigenvalue weighted by Gasteiger charge is 2.21. The van der Waals surface area contributed by atoms with Crippen molar-refractivity contribution in [3.8, 4) is 5.88 Å². The van der Waals surface area contributed by atoms with Crippen molar-refractivity contribution in [3.63, 3.8) is 0 Å². The van der Waals surface area contributed by atoms with E-state index in [1.807, 2.05) is 0 Å². The van der Waals surface area contributed by atoms with Crippen LogP contribution < -0.4 is 4.74 Å². The normalized spacial score (nSPS) is 10.7. The summed E-state index contributed by atoms with van der Waals surface area (Å²) in [7, 11) is 1.27. The minimum absolute atomic E-state index is 0.130. The van der Waals surface area contributed by atoms with Gasteiger partial charge in [-0.15, -0.1) is 0 Å². The van der Waals surface area contributed by atoms with Gasteiger partial charge in [0, 0.05) is 6.20 Å². The van der Waals surface area contributed by atoms with Gasteiger partial charge in [0.2, 0.25) is 5.88 Å². The van der Waals surface area contributed by atoms with Crippen LogP contribution in [-0.4, -0.2) is 17.2 Å². The van der Waals surface area contributed by atoms with Gasteiger partial charge in [-0.25, -0.2) is 13.8 Å². The maximum absolute atomic E-state index is 12.6. The predicted molar refractivity (Wildman–Crippen MR) is 46.4 cm³/mol. The molecule has 14 heavy (non-hydrogen) atoms. The van der Waals surface area contributed by atoms with Crippen molar-refractivity contribution in [2.45, 2.75) is 20.0 Å². The van der Waals surface area contributed by atoms with Crippen molar-refractivity contribution < 1.29 is 18.6 Å². The number of halogens is 2. The third kappa shape index (κ3) is 1.82. The van der Waals surface area contributed by atoms with Crippen LogP contribution >= 0.6 is 0 Å². The number of hydrogen-bond donors (Lipinski definition) is 1. The fourth-order valence-electron chi connectivity index (χ4n) is 1.24. The molecule has 1 heterocycles. The summed E-state index contributed by atoms with van der Waals surface area (Å²) in [5, 5.41) is 8.95. The molecular weight excluding hydrogens is 192 g/mol. The Kier molecular flexibility index (Phi) is 3.35. The predicted octanol–water partition coefficient (Wildman–Crippen LogP) is 1.83. The van der Waals surface area contributed by atoms with E-state index in [1.54, 1.807) is 6.92 Å². The van der Waals surface area contributed by atoms with Gasteiger partial charge in [0.15, 0.2) is 0 Å². The summed E-state index contributed by atoms with van der Waals surface area (Å²) in [5.41, 5.74) is 0.394. The van der Waals surface area contributed by atoms with Gasteiger partial charge in [-0.2, -0.15) is 0 Å². The molecule has 0 aromatic carbocycles. The Morgan fingerprint density at radius 2 is 2.21 bits per heavy atom. The zero-order valence-corrected chi connectivity index (χ0v) is 7.92. The minimum atomic E-state index is -2.69. The van der Waals surface area contributed by atoms with Crippen molar-refractivity contribution in [2.75, 3.05) is 7.11 Å². The topological polar surface area (TPSA) is 42.4 Å². The molecule has 1 aromatic rings. The second-order valence-corrected chi connectivity index (χ2v) is 2.80. The first-order valence-electron chi connectivity index (χ1n) is 4.03. The highest BCUT2D eigenvalue weighted by molar-refractivity contribution is 5.39. The molecule has 0 fully saturated rings. The van der Waals surface area contributed by atoms with E-state index in [4.69, 9.17) is 9.84 Å². The van der Waals surface area contributed by atoms with Gasteiger partial charge in [0.25, 0.3) is 6.43 Å². The molecule has 0 aliphatic rings. The maximum atomic E-state index is 12.6. The lowest BCUT2D eigenvalue weighted by atomic mass is 10.1. The summed E-state index contributed by atoms with van der Waals surface area (Å²) < 4.78 is 29.9. The molecule has 3 nitrogen and oxygen atoms in total. The molecule has 0 radical (unpaired) electrons. The lowest BCUT2D eigenvalue weighted by molar-refractivity contribution is 0.141. The van der Waals surface area contributed by atoms with Crippen molar-refractivity contribution >= 4 is 0 Å². The van der Waals surface area contributed by atoms with Gasteiger partial charge in [-0.3, -0.25) is 0 Å². The lowest BCUT2D eigenvalue weighted by Crippen LogP contribution is -2.03. The minimum Gasteiger partial charge on any atom is -0.481 e. The van der Waals surface area contributed by atoms with E-state index < -0.39 is 13.0 Å². The van der Waals surface area contributed by atoms with Crippen LogP contribution in [0.2, 0.25) is 0 Å². The Balaban J connectivity index is 3.36. The summed E-state index contributed by atoms with van der Waals surface area (Å²) in [4.78, 5) is 3.71. The number of rotatable bonds is 3. The van der Waals surface area contributed by atoms with Crippen LogP contribution in [-0.2, 0) is 6.61 Å². The summed E-state index contributed by atoms with van der Waals surface area (Å²) in [6.07, 6.45) is -1.30. The van der Waals surface area contributed by atoms with Gasteiger partial charge in [-0.05, 0) is 18.1 Å². The van der Waals surface area contributed by atoms with Crippen LogP contribution in [0.25, 0.3) is 0 Å². The largest absolute Gasteiger partial charge is 0.481 e. The Hall–Kier alpha value is -1.23. The van der Waals surface area contributed by atoms with Crippen molar-refractivity contribution in [3.05, 3.63) is 22.9 Å². The smallest absolute Gasteiger partial charge is 0.269 e. The molecule has 0 saturated heterocycles. The zero-order valence-electron chi connectivity index (χ0n) is 7.92. The fourth-order valence-corrected chi connectivity index (χ4v) is 1.24. The van der Waals surface area contributed by atoms with E-state index in [0.29, 0.717) is 5.56 Å². The van der Waals surface area contributed by atoms with Gasteiger partial charge < -0.3 is 9.84 Å². The molecule has 1 rings (SSSR count). The molecule has 0 aliphatic heterocycles. The zero-order chi connectivity index (χ0) is 10.7. The summed E-state index contributed by atoms with van der Waals surface area (Å²) >= 11 is 0. The van der Waals surface area contributed by atoms with E-state index in [-0.39, 0.29) is 17.0 Å². The number of nitrogens with zero attached hydrogens (tertiary/aromatic N) is 1. The van der Waals surface area contributed by atoms with Gasteiger partial charge >= 0.3 is 0 Å². The average molecular weight is 203 g/mol. The highest BCUT2D eigenvalue weighted by Crippen LogP contribution is 2.31. The molecule has 0 atom stereocenters. The summed E-state index contributed by atoms with van der Waals surface area (Å²) in [6, 6.07) is 0. The number of aryl methyl sites for hydroxylation is 1. The van der Waals surface area contributed by atoms with E-state index >= 15 is 0 Å². The molecule has 78 valence electrons. The number of ether oxygens (including phenoxy) is 1. The molecule has 1 aromatic heterocycles. The first-order valence-corrected chi connectivity index (χ1v) is 4.03. The Labute approximate surface area is 80.3 Å². The lowest BCUT2D eigenvalue weighted by Gasteiger charge is -2.12. The Morgan fingerprint density at radius 3 is 2.64 bits per heavy atom. The first-order chi connectivity index (χ1) is 6.61. The van der Waals surface area contributed by atoms with Crippen molar-refractivity contribution in [1.82, 2.24) is 4.98 Å². The first kappa shape index (κ1) is 10.8. The van der Waals surface area contributed by atoms with Crippen LogP contribution in [0.5, 0.6) is 5.88 Å². The standard InChI is InChI=1S/C9H11F2NO2/c1-5-3-12-9(14-2)7(8(10)11)6(5)4-13/h3,8,13H,4H2,1-2H3. The summed E-state index contributed by atoms with van der Waals surface area (Å²) in [5.74, 6) is -0.130. The average Bonchev–Trinajstić information content (AvgIpc) is 2.17. The molecule has 0 saturated carbocycles. The highest BCUT2D eigenvalue weighted by atomic mass is 19.3. The van der Waals surface area contributed by atoms with E-state index in [1.165, 1.54) is 13.3 Å². The molecule has 5 heteroatoms. The van der Waals surface area contributed by atoms with E-state index in [9.17, 15) is 8.78 Å². The number of aromatic nitrogens is 1. The van der Waals surface area contributed by atoms with Crippen molar-refractivity contribution in [1.29, 1.82) is 0 Å². The number of pyridine rings is 1. The molecular formula is C9H11F2NO2. The molecule has 0 aliphatic carbocycles. The van der Waals surface area contributed by atoms with Crippen LogP contribution in [0.15, 0.2) is 6.20 Å². The number of hydrogen-bond acceptors (Lipinski definition) is 3. The van der Waals surface area contributed by atoms with Crippen molar-refractivity contribution in [2.24, 2.45) is 0 Å². The quantitative estimate of drug-likeness (QED) is 0.814. The third-order valence-electron chi connectivity index (χ3n) is 1.98. The Morgan fingerprint density at radius 1 is 1.57 bits per heavy atom. The molecule has 1 N–H and O–H groups in total. The van der Waals surface area contributed by atoms with Crippen LogP contribution in [0.1, 0.15) is 23.1 Å². The van der Waals surface area contributed by atoms with Crippen LogP contribution in [0.4, 0.5) is 8.78 Å². The van der Waals surface area contributed by atoms with Gasteiger partial charge in [0.1, 0.15) is 0 Å². The monoisotopic (exact) mass is 203 g/mol. The fraction of sp³-hybridized carbons (Fsp3) is 0.444. The second-order valence-electron chi connectivity index (χ2n) is 2.80. The molecule has 0 unspecified atom stereocenters. The number of alkyl halides is 2. The third-order valence-corrected chi connectivity index (χ3v) is 1.98. The van der Waals surface area contributed by atoms with Crippen LogP contribution in [0.3, 0.4) is 0 Å². The van der Waals surface area contributed by atoms with Gasteiger partial charge in [-0.1, -0.05) is 0 Å². The number of aliphatic hydroxyl groups is 1. The Bertz CT molecular complexity index is 329. The molecule has 0 spiro atoms. The molecule has 0 amide bonds. The number of methoxy groups -OCH3 is 1. The van der Waals surface area contributed by atoms with E-state index in [2.05, 4.69) is 4.98 Å². The maximum Gasteiger partial charge on any atom is 0.269 e. The van der Waals surface area contributed by atoms with Crippen LogP contribution in [0, 0.1) is 6.92 Å². The van der Waals surface area contributed by atoms with Gasteiger partial charge in [0.05, 0.1) is 19.3 Å². The number of aliphatic hydroxyl groups excluding tert-OH is 1. The second kappa shape index (κ2) is 4.32.